The summed E-state index contributed by atoms with van der Waals surface area (Å²) >= 11 is 0. The minimum absolute atomic E-state index is 0.0673. The molecule has 0 aromatic heterocycles. The van der Waals surface area contributed by atoms with E-state index in [-0.39, 0.29) is 31.1 Å². The summed E-state index contributed by atoms with van der Waals surface area (Å²) in [7, 11) is 0. The van der Waals surface area contributed by atoms with Crippen LogP contribution in [0.25, 0.3) is 0 Å². The van der Waals surface area contributed by atoms with Gasteiger partial charge in [0, 0.05) is 19.3 Å². The van der Waals surface area contributed by atoms with Crippen LogP contribution in [0.3, 0.4) is 0 Å². The van der Waals surface area contributed by atoms with Crippen LogP contribution in [0, 0.1) is 0 Å². The summed E-state index contributed by atoms with van der Waals surface area (Å²) in [6, 6.07) is 0. The van der Waals surface area contributed by atoms with E-state index in [1.165, 1.54) is 186 Å². The van der Waals surface area contributed by atoms with Crippen molar-refractivity contribution in [3.63, 3.8) is 0 Å². The van der Waals surface area contributed by atoms with E-state index in [9.17, 15) is 14.4 Å². The van der Waals surface area contributed by atoms with Crippen LogP contribution >= 0.6 is 0 Å². The van der Waals surface area contributed by atoms with Crippen molar-refractivity contribution in [3.05, 3.63) is 12.2 Å². The molecule has 0 aromatic carbocycles. The van der Waals surface area contributed by atoms with Crippen molar-refractivity contribution >= 4 is 17.9 Å². The summed E-state index contributed by atoms with van der Waals surface area (Å²) in [5, 5.41) is 0. The Hall–Kier alpha value is -1.85. The molecule has 0 unspecified atom stereocenters. The molecule has 59 heavy (non-hydrogen) atoms. The summed E-state index contributed by atoms with van der Waals surface area (Å²) in [6.07, 6.45) is 53.3. The third-order valence-electron chi connectivity index (χ3n) is 11.8. The number of hydrogen-bond acceptors (Lipinski definition) is 6. The minimum atomic E-state index is -0.766. The van der Waals surface area contributed by atoms with Gasteiger partial charge < -0.3 is 14.2 Å². The fraction of sp³-hybridized carbons (Fsp3) is 0.906. The molecule has 0 fully saturated rings. The van der Waals surface area contributed by atoms with Crippen molar-refractivity contribution in [1.29, 1.82) is 0 Å². The van der Waals surface area contributed by atoms with Gasteiger partial charge in [0.15, 0.2) is 6.10 Å². The molecule has 0 saturated carbocycles. The Bertz CT molecular complexity index is 916. The SMILES string of the molecule is CCCCCCCCC/C=C\CCCCCCCC(=O)OC[C@@H](COC(=O)CCCCCCCCCCCCC)OC(=O)CCCCCCCCCCCCCCCC. The van der Waals surface area contributed by atoms with Crippen LogP contribution < -0.4 is 0 Å². The van der Waals surface area contributed by atoms with E-state index in [0.717, 1.165) is 64.2 Å². The van der Waals surface area contributed by atoms with E-state index >= 15 is 0 Å². The first-order valence-electron chi connectivity index (χ1n) is 26.2. The first-order chi connectivity index (χ1) is 29.0. The molecular formula is C53H100O6. The Kier molecular flexibility index (Phi) is 47.3. The van der Waals surface area contributed by atoms with Gasteiger partial charge in [-0.3, -0.25) is 14.4 Å². The molecule has 0 radical (unpaired) electrons. The van der Waals surface area contributed by atoms with E-state index in [2.05, 4.69) is 32.9 Å². The standard InChI is InChI=1S/C53H100O6/c1-4-7-10-13-16-19-22-24-26-27-29-31-34-37-40-43-46-52(55)58-49-50(48-57-51(54)45-42-39-36-33-30-21-18-15-12-9-6-3)59-53(56)47-44-41-38-35-32-28-25-23-20-17-14-11-8-5-2/h26-27,50H,4-25,28-49H2,1-3H3/b27-26-/t50-/m1/s1. The van der Waals surface area contributed by atoms with E-state index in [4.69, 9.17) is 14.2 Å². The number of ether oxygens (including phenoxy) is 3. The fourth-order valence-corrected chi connectivity index (χ4v) is 7.79. The molecule has 0 aliphatic rings. The van der Waals surface area contributed by atoms with E-state index in [0.29, 0.717) is 19.3 Å². The van der Waals surface area contributed by atoms with Crippen LogP contribution in [0.4, 0.5) is 0 Å². The third-order valence-corrected chi connectivity index (χ3v) is 11.8. The fourth-order valence-electron chi connectivity index (χ4n) is 7.79. The molecule has 1 atom stereocenters. The number of carbonyl (C=O) groups is 3. The normalized spacial score (nSPS) is 12.0. The largest absolute Gasteiger partial charge is 0.462 e. The lowest BCUT2D eigenvalue weighted by atomic mass is 10.0. The topological polar surface area (TPSA) is 78.9 Å². The molecular weight excluding hydrogens is 733 g/mol. The smallest absolute Gasteiger partial charge is 0.306 e. The molecule has 0 amide bonds. The van der Waals surface area contributed by atoms with Gasteiger partial charge in [-0.15, -0.1) is 0 Å². The predicted octanol–water partition coefficient (Wildman–Crippen LogP) is 17.0. The molecule has 0 bridgehead atoms. The number of esters is 3. The lowest BCUT2D eigenvalue weighted by Gasteiger charge is -2.18. The average molecular weight is 833 g/mol. The molecule has 0 N–H and O–H groups in total. The van der Waals surface area contributed by atoms with Crippen molar-refractivity contribution in [3.8, 4) is 0 Å². The van der Waals surface area contributed by atoms with Gasteiger partial charge in [0.2, 0.25) is 0 Å². The Morgan fingerprint density at radius 3 is 0.847 bits per heavy atom. The minimum Gasteiger partial charge on any atom is -0.462 e. The lowest BCUT2D eigenvalue weighted by Crippen LogP contribution is -2.30. The molecule has 0 aromatic rings. The van der Waals surface area contributed by atoms with Gasteiger partial charge in [-0.1, -0.05) is 238 Å². The summed E-state index contributed by atoms with van der Waals surface area (Å²) < 4.78 is 16.8. The van der Waals surface area contributed by atoms with Crippen LogP contribution in [-0.2, 0) is 28.6 Å². The van der Waals surface area contributed by atoms with Crippen molar-refractivity contribution in [1.82, 2.24) is 0 Å². The monoisotopic (exact) mass is 833 g/mol. The van der Waals surface area contributed by atoms with Crippen LogP contribution in [0.1, 0.15) is 290 Å². The highest BCUT2D eigenvalue weighted by molar-refractivity contribution is 5.71. The maximum Gasteiger partial charge on any atom is 0.306 e. The summed E-state index contributed by atoms with van der Waals surface area (Å²) in [5.41, 5.74) is 0. The quantitative estimate of drug-likeness (QED) is 0.0263. The molecule has 0 aliphatic heterocycles. The maximum atomic E-state index is 12.8. The molecule has 6 heteroatoms. The molecule has 0 aliphatic carbocycles. The third kappa shape index (κ3) is 47.1. The van der Waals surface area contributed by atoms with Crippen molar-refractivity contribution in [2.24, 2.45) is 0 Å². The second kappa shape index (κ2) is 48.8. The molecule has 348 valence electrons. The Labute approximate surface area is 367 Å². The van der Waals surface area contributed by atoms with Gasteiger partial charge in [-0.05, 0) is 44.9 Å². The number of allylic oxidation sites excluding steroid dienone is 2. The van der Waals surface area contributed by atoms with Gasteiger partial charge in [0.05, 0.1) is 0 Å². The first kappa shape index (κ1) is 57.1. The van der Waals surface area contributed by atoms with E-state index in [1.807, 2.05) is 0 Å². The highest BCUT2D eigenvalue weighted by atomic mass is 16.6. The molecule has 0 heterocycles. The number of unbranched alkanes of at least 4 members (excludes halogenated alkanes) is 35. The first-order valence-corrected chi connectivity index (χ1v) is 26.2. The summed E-state index contributed by atoms with van der Waals surface area (Å²) in [5.74, 6) is -0.860. The van der Waals surface area contributed by atoms with Crippen LogP contribution in [0.15, 0.2) is 12.2 Å². The lowest BCUT2D eigenvalue weighted by molar-refractivity contribution is -0.167. The Morgan fingerprint density at radius 2 is 0.559 bits per heavy atom. The van der Waals surface area contributed by atoms with Crippen LogP contribution in [0.2, 0.25) is 0 Å². The van der Waals surface area contributed by atoms with Gasteiger partial charge in [-0.25, -0.2) is 0 Å². The highest BCUT2D eigenvalue weighted by Crippen LogP contribution is 2.16. The van der Waals surface area contributed by atoms with Crippen molar-refractivity contribution < 1.29 is 28.6 Å². The van der Waals surface area contributed by atoms with Crippen LogP contribution in [-0.4, -0.2) is 37.2 Å². The number of rotatable bonds is 48. The van der Waals surface area contributed by atoms with Gasteiger partial charge in [0.1, 0.15) is 13.2 Å². The number of carbonyl (C=O) groups excluding carboxylic acids is 3. The highest BCUT2D eigenvalue weighted by Gasteiger charge is 2.19. The zero-order valence-corrected chi connectivity index (χ0v) is 39.8. The molecule has 6 nitrogen and oxygen atoms in total. The van der Waals surface area contributed by atoms with E-state index < -0.39 is 6.10 Å². The molecule has 0 spiro atoms. The van der Waals surface area contributed by atoms with Crippen molar-refractivity contribution in [2.75, 3.05) is 13.2 Å². The maximum absolute atomic E-state index is 12.8. The summed E-state index contributed by atoms with van der Waals surface area (Å²) in [6.45, 7) is 6.66. The second-order valence-corrected chi connectivity index (χ2v) is 17.8. The van der Waals surface area contributed by atoms with Crippen molar-refractivity contribution in [2.45, 2.75) is 297 Å². The van der Waals surface area contributed by atoms with Gasteiger partial charge in [-0.2, -0.15) is 0 Å². The zero-order valence-electron chi connectivity index (χ0n) is 39.8. The zero-order chi connectivity index (χ0) is 43.0. The van der Waals surface area contributed by atoms with Gasteiger partial charge >= 0.3 is 17.9 Å². The Balaban J connectivity index is 4.32. The summed E-state index contributed by atoms with van der Waals surface area (Å²) in [4.78, 5) is 37.9. The Morgan fingerprint density at radius 1 is 0.322 bits per heavy atom. The predicted molar refractivity (Wildman–Crippen MR) is 252 cm³/mol. The number of hydrogen-bond donors (Lipinski definition) is 0. The van der Waals surface area contributed by atoms with E-state index in [1.54, 1.807) is 0 Å². The van der Waals surface area contributed by atoms with Crippen LogP contribution in [0.5, 0.6) is 0 Å². The second-order valence-electron chi connectivity index (χ2n) is 17.8. The molecule has 0 rings (SSSR count). The molecule has 0 saturated heterocycles. The van der Waals surface area contributed by atoms with Gasteiger partial charge in [0.25, 0.3) is 0 Å². The average Bonchev–Trinajstić information content (AvgIpc) is 3.23.